The Morgan fingerprint density at radius 1 is 1.09 bits per heavy atom. The number of hydrogen-bond acceptors (Lipinski definition) is 7. The van der Waals surface area contributed by atoms with Crippen LogP contribution in [0.3, 0.4) is 0 Å². The molecule has 1 saturated heterocycles. The quantitative estimate of drug-likeness (QED) is 0.449. The van der Waals surface area contributed by atoms with Crippen LogP contribution in [0.1, 0.15) is 40.5 Å². The number of ether oxygens (including phenoxy) is 1. The Morgan fingerprint density at radius 2 is 1.83 bits per heavy atom. The zero-order valence-corrected chi connectivity index (χ0v) is 19.9. The minimum atomic E-state index is -0.450. The average molecular weight is 478 g/mol. The highest BCUT2D eigenvalue weighted by Crippen LogP contribution is 2.24. The lowest BCUT2D eigenvalue weighted by Gasteiger charge is -2.27. The fourth-order valence-corrected chi connectivity index (χ4v) is 4.27. The highest BCUT2D eigenvalue weighted by Gasteiger charge is 2.27. The molecule has 0 aromatic carbocycles. The summed E-state index contributed by atoms with van der Waals surface area (Å²) in [5.74, 6) is -0.639. The molecule has 12 nitrogen and oxygen atoms in total. The SMILES string of the molecule is CCn1ncc(-c2ccnc3cc(C(=O)Nc4cnn(CC)c4C(=O)N4CCOCC4)nn23)c1C. The van der Waals surface area contributed by atoms with Gasteiger partial charge in [0.1, 0.15) is 5.69 Å². The molecule has 0 spiro atoms. The van der Waals surface area contributed by atoms with E-state index in [1.54, 1.807) is 32.6 Å². The molecule has 1 aliphatic rings. The van der Waals surface area contributed by atoms with Crippen LogP contribution < -0.4 is 5.32 Å². The second-order valence-corrected chi connectivity index (χ2v) is 8.17. The van der Waals surface area contributed by atoms with Gasteiger partial charge in [0.25, 0.3) is 11.8 Å². The topological polar surface area (TPSA) is 124 Å². The molecule has 35 heavy (non-hydrogen) atoms. The molecule has 5 rings (SSSR count). The normalized spacial score (nSPS) is 14.0. The van der Waals surface area contributed by atoms with E-state index in [4.69, 9.17) is 4.74 Å². The lowest BCUT2D eigenvalue weighted by molar-refractivity contribution is 0.0295. The number of nitrogens with zero attached hydrogens (tertiary/aromatic N) is 8. The highest BCUT2D eigenvalue weighted by atomic mass is 16.5. The Kier molecular flexibility index (Phi) is 6.03. The van der Waals surface area contributed by atoms with Gasteiger partial charge in [-0.05, 0) is 26.8 Å². The third-order valence-corrected chi connectivity index (χ3v) is 6.16. The number of aromatic nitrogens is 7. The van der Waals surface area contributed by atoms with Gasteiger partial charge < -0.3 is 15.0 Å². The van der Waals surface area contributed by atoms with Crippen LogP contribution in [0.25, 0.3) is 16.9 Å². The van der Waals surface area contributed by atoms with Gasteiger partial charge in [-0.1, -0.05) is 0 Å². The number of rotatable bonds is 6. The maximum absolute atomic E-state index is 13.2. The van der Waals surface area contributed by atoms with Crippen LogP contribution in [-0.2, 0) is 17.8 Å². The van der Waals surface area contributed by atoms with Crippen LogP contribution in [0, 0.1) is 6.92 Å². The first-order valence-electron chi connectivity index (χ1n) is 11.6. The number of hydrogen-bond donors (Lipinski definition) is 1. The van der Waals surface area contributed by atoms with Crippen LogP contribution in [-0.4, -0.2) is 77.2 Å². The van der Waals surface area contributed by atoms with Gasteiger partial charge in [-0.25, -0.2) is 9.50 Å². The number of anilines is 1. The fraction of sp³-hybridized carbons (Fsp3) is 0.391. The fourth-order valence-electron chi connectivity index (χ4n) is 4.27. The second-order valence-electron chi connectivity index (χ2n) is 8.17. The lowest BCUT2D eigenvalue weighted by atomic mass is 10.2. The number of carbonyl (C=O) groups excluding carboxylic acids is 2. The van der Waals surface area contributed by atoms with Crippen molar-refractivity contribution < 1.29 is 14.3 Å². The van der Waals surface area contributed by atoms with Gasteiger partial charge >= 0.3 is 0 Å². The summed E-state index contributed by atoms with van der Waals surface area (Å²) in [5.41, 5.74) is 4.10. The van der Waals surface area contributed by atoms with E-state index in [1.807, 2.05) is 31.5 Å². The van der Waals surface area contributed by atoms with Crippen LogP contribution in [0.15, 0.2) is 30.7 Å². The number of fused-ring (bicyclic) bond motifs is 1. The molecule has 0 atom stereocenters. The molecule has 4 aromatic rings. The van der Waals surface area contributed by atoms with E-state index in [9.17, 15) is 9.59 Å². The summed E-state index contributed by atoms with van der Waals surface area (Å²) in [6.07, 6.45) is 4.97. The van der Waals surface area contributed by atoms with E-state index in [-0.39, 0.29) is 11.6 Å². The van der Waals surface area contributed by atoms with Crippen molar-refractivity contribution in [1.82, 2.24) is 39.1 Å². The molecule has 182 valence electrons. The van der Waals surface area contributed by atoms with Crippen molar-refractivity contribution in [2.24, 2.45) is 0 Å². The molecule has 0 unspecified atom stereocenters. The van der Waals surface area contributed by atoms with Crippen LogP contribution in [0.5, 0.6) is 0 Å². The molecule has 5 heterocycles. The van der Waals surface area contributed by atoms with Gasteiger partial charge in [-0.2, -0.15) is 15.3 Å². The first-order chi connectivity index (χ1) is 17.0. The molecular formula is C23H27N9O3. The molecule has 0 aliphatic carbocycles. The maximum Gasteiger partial charge on any atom is 0.276 e. The Labute approximate surface area is 201 Å². The van der Waals surface area contributed by atoms with Crippen molar-refractivity contribution in [2.75, 3.05) is 31.6 Å². The lowest BCUT2D eigenvalue weighted by Crippen LogP contribution is -2.41. The summed E-state index contributed by atoms with van der Waals surface area (Å²) < 4.78 is 10.5. The molecule has 2 amide bonds. The first kappa shape index (κ1) is 22.7. The number of aryl methyl sites for hydroxylation is 2. The van der Waals surface area contributed by atoms with E-state index in [1.165, 1.54) is 6.20 Å². The molecule has 1 fully saturated rings. The predicted octanol–water partition coefficient (Wildman–Crippen LogP) is 1.86. The summed E-state index contributed by atoms with van der Waals surface area (Å²) in [4.78, 5) is 32.5. The monoisotopic (exact) mass is 477 g/mol. The van der Waals surface area contributed by atoms with Crippen molar-refractivity contribution in [3.8, 4) is 11.3 Å². The Bertz CT molecular complexity index is 1390. The first-order valence-corrected chi connectivity index (χ1v) is 11.6. The van der Waals surface area contributed by atoms with Gasteiger partial charge in [0.05, 0.1) is 37.0 Å². The van der Waals surface area contributed by atoms with E-state index < -0.39 is 5.91 Å². The summed E-state index contributed by atoms with van der Waals surface area (Å²) in [5, 5.41) is 16.0. The predicted molar refractivity (Wildman–Crippen MR) is 127 cm³/mol. The zero-order valence-electron chi connectivity index (χ0n) is 19.9. The van der Waals surface area contributed by atoms with E-state index in [2.05, 4.69) is 25.6 Å². The molecule has 12 heteroatoms. The Balaban J connectivity index is 1.45. The molecule has 0 radical (unpaired) electrons. The number of nitrogens with one attached hydrogen (secondary N) is 1. The van der Waals surface area contributed by atoms with Crippen LogP contribution >= 0.6 is 0 Å². The number of carbonyl (C=O) groups is 2. The van der Waals surface area contributed by atoms with E-state index in [0.29, 0.717) is 49.9 Å². The van der Waals surface area contributed by atoms with Gasteiger partial charge in [-0.3, -0.25) is 19.0 Å². The number of morpholine rings is 1. The standard InChI is InChI=1S/C23H27N9O3/c1-4-30-15(3)16(13-25-30)19-6-7-24-20-12-17(28-32(19)20)22(33)27-18-14-26-31(5-2)21(18)23(34)29-8-10-35-11-9-29/h6-7,12-14H,4-5,8-11H2,1-3H3,(H,27,33). The average Bonchev–Trinajstić information content (AvgIpc) is 3.60. The maximum atomic E-state index is 13.2. The summed E-state index contributed by atoms with van der Waals surface area (Å²) in [7, 11) is 0. The van der Waals surface area contributed by atoms with Gasteiger partial charge in [0.2, 0.25) is 0 Å². The minimum Gasteiger partial charge on any atom is -0.378 e. The van der Waals surface area contributed by atoms with Crippen molar-refractivity contribution in [3.63, 3.8) is 0 Å². The molecule has 0 saturated carbocycles. The molecule has 1 N–H and O–H groups in total. The zero-order chi connectivity index (χ0) is 24.5. The molecule has 0 bridgehead atoms. The molecule has 1 aliphatic heterocycles. The molecule has 4 aromatic heterocycles. The summed E-state index contributed by atoms with van der Waals surface area (Å²) >= 11 is 0. The van der Waals surface area contributed by atoms with Crippen LogP contribution in [0.2, 0.25) is 0 Å². The largest absolute Gasteiger partial charge is 0.378 e. The summed E-state index contributed by atoms with van der Waals surface area (Å²) in [6.45, 7) is 9.13. The van der Waals surface area contributed by atoms with Crippen LogP contribution in [0.4, 0.5) is 5.69 Å². The third-order valence-electron chi connectivity index (χ3n) is 6.16. The van der Waals surface area contributed by atoms with E-state index in [0.717, 1.165) is 23.5 Å². The summed E-state index contributed by atoms with van der Waals surface area (Å²) in [6, 6.07) is 3.46. The van der Waals surface area contributed by atoms with Crippen molar-refractivity contribution in [2.45, 2.75) is 33.9 Å². The van der Waals surface area contributed by atoms with Crippen molar-refractivity contribution in [1.29, 1.82) is 0 Å². The molecular weight excluding hydrogens is 450 g/mol. The van der Waals surface area contributed by atoms with Gasteiger partial charge in [0.15, 0.2) is 11.3 Å². The second kappa shape index (κ2) is 9.29. The Morgan fingerprint density at radius 3 is 2.54 bits per heavy atom. The van der Waals surface area contributed by atoms with E-state index >= 15 is 0 Å². The highest BCUT2D eigenvalue weighted by molar-refractivity contribution is 6.07. The number of amides is 2. The van der Waals surface area contributed by atoms with Gasteiger partial charge in [0, 0.05) is 49.7 Å². The Hall–Kier alpha value is -4.06. The van der Waals surface area contributed by atoms with Crippen molar-refractivity contribution in [3.05, 3.63) is 47.8 Å². The third kappa shape index (κ3) is 4.05. The minimum absolute atomic E-state index is 0.180. The smallest absolute Gasteiger partial charge is 0.276 e. The van der Waals surface area contributed by atoms with Crippen molar-refractivity contribution >= 4 is 23.1 Å². The van der Waals surface area contributed by atoms with Gasteiger partial charge in [-0.15, -0.1) is 0 Å².